The van der Waals surface area contributed by atoms with Crippen molar-refractivity contribution in [2.45, 2.75) is 88.5 Å². The maximum Gasteiger partial charge on any atom is -0.0184 e. The molecule has 4 aromatic carbocycles. The Hall–Kier alpha value is -2.60. The quantitative estimate of drug-likeness (QED) is 0.271. The normalized spacial score (nSPS) is 8.06. The molecule has 184 valence electrons. The van der Waals surface area contributed by atoms with Crippen molar-refractivity contribution in [1.29, 1.82) is 0 Å². The van der Waals surface area contributed by atoms with Crippen LogP contribution in [0.3, 0.4) is 0 Å². The fourth-order valence-electron chi connectivity index (χ4n) is 2.27. The van der Waals surface area contributed by atoms with E-state index in [1.165, 1.54) is 40.8 Å². The van der Waals surface area contributed by atoms with E-state index in [-0.39, 0.29) is 0 Å². The molecule has 4 rings (SSSR count). The van der Waals surface area contributed by atoms with Crippen LogP contribution >= 0.6 is 0 Å². The van der Waals surface area contributed by atoms with E-state index in [9.17, 15) is 0 Å². The van der Waals surface area contributed by atoms with Crippen molar-refractivity contribution in [3.8, 4) is 0 Å². The van der Waals surface area contributed by atoms with Gasteiger partial charge in [0.15, 0.2) is 0 Å². The third-order valence-electron chi connectivity index (χ3n) is 3.82. The number of benzene rings is 4. The van der Waals surface area contributed by atoms with E-state index < -0.39 is 0 Å². The van der Waals surface area contributed by atoms with E-state index in [0.29, 0.717) is 0 Å². The second-order valence-corrected chi connectivity index (χ2v) is 6.40. The van der Waals surface area contributed by atoms with Crippen molar-refractivity contribution < 1.29 is 0 Å². The lowest BCUT2D eigenvalue weighted by Crippen LogP contribution is -1.67. The molecule has 0 spiro atoms. The maximum absolute atomic E-state index is 2.18. The van der Waals surface area contributed by atoms with Crippen LogP contribution in [0.4, 0.5) is 0 Å². The second-order valence-electron chi connectivity index (χ2n) is 6.40. The summed E-state index contributed by atoms with van der Waals surface area (Å²) in [5, 5.41) is 5.24. The van der Waals surface area contributed by atoms with Gasteiger partial charge in [-0.2, -0.15) is 0 Å². The van der Waals surface area contributed by atoms with Crippen molar-refractivity contribution in [3.63, 3.8) is 0 Å². The summed E-state index contributed by atoms with van der Waals surface area (Å²) >= 11 is 0. The minimum Gasteiger partial charge on any atom is -0.0683 e. The molecular formula is C33H52. The maximum atomic E-state index is 2.18. The van der Waals surface area contributed by atoms with E-state index in [1.807, 2.05) is 41.5 Å². The van der Waals surface area contributed by atoms with E-state index in [2.05, 4.69) is 125 Å². The lowest BCUT2D eigenvalue weighted by Gasteiger charge is -1.92. The van der Waals surface area contributed by atoms with Crippen LogP contribution in [0.25, 0.3) is 21.5 Å². The van der Waals surface area contributed by atoms with Crippen molar-refractivity contribution in [3.05, 3.63) is 97.1 Å². The van der Waals surface area contributed by atoms with Crippen LogP contribution in [0.2, 0.25) is 0 Å². The molecule has 0 saturated heterocycles. The molecule has 0 heterocycles. The van der Waals surface area contributed by atoms with Crippen LogP contribution in [-0.4, -0.2) is 0 Å². The first-order valence-electron chi connectivity index (χ1n) is 13.1. The average Bonchev–Trinajstić information content (AvgIpc) is 2.93. The Morgan fingerprint density at radius 3 is 0.545 bits per heavy atom. The monoisotopic (exact) mass is 448 g/mol. The summed E-state index contributed by atoms with van der Waals surface area (Å²) in [6.45, 7) is 20.6. The van der Waals surface area contributed by atoms with Crippen molar-refractivity contribution in [1.82, 2.24) is 0 Å². The topological polar surface area (TPSA) is 0 Å². The Morgan fingerprint density at radius 2 is 0.455 bits per heavy atom. The fourth-order valence-corrected chi connectivity index (χ4v) is 2.27. The smallest absolute Gasteiger partial charge is 0.0184 e. The van der Waals surface area contributed by atoms with Crippen LogP contribution in [-0.2, 0) is 0 Å². The highest BCUT2D eigenvalue weighted by atomic mass is 13.9. The number of rotatable bonds is 1. The fraction of sp³-hybridized carbons (Fsp3) is 0.394. The van der Waals surface area contributed by atoms with Gasteiger partial charge in [-0.15, -0.1) is 0 Å². The van der Waals surface area contributed by atoms with Crippen LogP contribution in [0.1, 0.15) is 88.5 Å². The molecule has 0 saturated carbocycles. The Balaban J connectivity index is -0.000000367. The predicted molar refractivity (Wildman–Crippen MR) is 158 cm³/mol. The van der Waals surface area contributed by atoms with Gasteiger partial charge in [-0.25, -0.2) is 0 Å². The standard InChI is InChI=1S/2C10H8.C4H10.C3H8.3C2H6/c2*1-2-6-10-8-4-3-7-9(10)5-1;1-3-4-2;1-3-2;3*1-2/h2*1-8H;3-4H2,1-2H3;3H2,1-2H3;3*1-2H3. The van der Waals surface area contributed by atoms with Crippen LogP contribution < -0.4 is 0 Å². The molecule has 0 aliphatic rings. The summed E-state index contributed by atoms with van der Waals surface area (Å²) in [4.78, 5) is 0. The molecule has 0 aliphatic carbocycles. The number of fused-ring (bicyclic) bond motifs is 2. The summed E-state index contributed by atoms with van der Waals surface area (Å²) in [5.41, 5.74) is 0. The molecule has 0 bridgehead atoms. The summed E-state index contributed by atoms with van der Waals surface area (Å²) in [6, 6.07) is 33.4. The molecule has 0 heteroatoms. The summed E-state index contributed by atoms with van der Waals surface area (Å²) < 4.78 is 0. The zero-order valence-electron chi connectivity index (χ0n) is 23.4. The van der Waals surface area contributed by atoms with Gasteiger partial charge >= 0.3 is 0 Å². The Labute approximate surface area is 207 Å². The Kier molecular flexibility index (Phi) is 31.2. The van der Waals surface area contributed by atoms with Crippen LogP contribution in [0.15, 0.2) is 97.1 Å². The molecule has 0 unspecified atom stereocenters. The van der Waals surface area contributed by atoms with Gasteiger partial charge in [0.05, 0.1) is 0 Å². The summed E-state index contributed by atoms with van der Waals surface area (Å²) in [5.74, 6) is 0. The zero-order chi connectivity index (χ0) is 25.7. The molecule has 4 aromatic rings. The van der Waals surface area contributed by atoms with Crippen LogP contribution in [0, 0.1) is 0 Å². The largest absolute Gasteiger partial charge is 0.0683 e. The zero-order valence-corrected chi connectivity index (χ0v) is 23.4. The molecule has 33 heavy (non-hydrogen) atoms. The van der Waals surface area contributed by atoms with E-state index >= 15 is 0 Å². The third kappa shape index (κ3) is 18.7. The highest BCUT2D eigenvalue weighted by molar-refractivity contribution is 5.82. The molecule has 0 radical (unpaired) electrons. The molecule has 0 amide bonds. The summed E-state index contributed by atoms with van der Waals surface area (Å²) in [6.07, 6.45) is 3.89. The Morgan fingerprint density at radius 1 is 0.333 bits per heavy atom. The lowest BCUT2D eigenvalue weighted by molar-refractivity contribution is 0.886. The first-order chi connectivity index (χ1) is 16.3. The van der Waals surface area contributed by atoms with E-state index in [1.54, 1.807) is 0 Å². The summed E-state index contributed by atoms with van der Waals surface area (Å²) in [7, 11) is 0. The molecule has 0 aliphatic heterocycles. The molecule has 0 N–H and O–H groups in total. The average molecular weight is 449 g/mol. The predicted octanol–water partition coefficient (Wildman–Crippen LogP) is 12.0. The van der Waals surface area contributed by atoms with Crippen molar-refractivity contribution in [2.24, 2.45) is 0 Å². The molecule has 0 atom stereocenters. The van der Waals surface area contributed by atoms with Gasteiger partial charge in [0.2, 0.25) is 0 Å². The molecular weight excluding hydrogens is 396 g/mol. The number of hydrogen-bond donors (Lipinski definition) is 0. The van der Waals surface area contributed by atoms with Gasteiger partial charge in [0, 0.05) is 0 Å². The van der Waals surface area contributed by atoms with Gasteiger partial charge in [0.25, 0.3) is 0 Å². The molecule has 0 fully saturated rings. The second kappa shape index (κ2) is 29.4. The van der Waals surface area contributed by atoms with Gasteiger partial charge in [-0.3, -0.25) is 0 Å². The van der Waals surface area contributed by atoms with Gasteiger partial charge in [-0.1, -0.05) is 186 Å². The van der Waals surface area contributed by atoms with Gasteiger partial charge in [0.1, 0.15) is 0 Å². The molecule has 0 nitrogen and oxygen atoms in total. The van der Waals surface area contributed by atoms with Crippen molar-refractivity contribution in [2.75, 3.05) is 0 Å². The number of unbranched alkanes of at least 4 members (excludes halogenated alkanes) is 1. The minimum atomic E-state index is 1.25. The van der Waals surface area contributed by atoms with E-state index in [0.717, 1.165) is 0 Å². The Bertz CT molecular complexity index is 657. The first kappa shape index (κ1) is 35.0. The molecule has 0 aromatic heterocycles. The van der Waals surface area contributed by atoms with Crippen LogP contribution in [0.5, 0.6) is 0 Å². The number of hydrogen-bond acceptors (Lipinski definition) is 0. The SMILES string of the molecule is CC.CC.CC.CCC.CCCC.c1ccc2ccccc2c1.c1ccc2ccccc2c1. The highest BCUT2D eigenvalue weighted by Gasteiger charge is 1.86. The van der Waals surface area contributed by atoms with Gasteiger partial charge in [-0.05, 0) is 21.5 Å². The lowest BCUT2D eigenvalue weighted by atomic mass is 10.1. The minimum absolute atomic E-state index is 1.25. The van der Waals surface area contributed by atoms with Crippen molar-refractivity contribution >= 4 is 21.5 Å². The third-order valence-corrected chi connectivity index (χ3v) is 3.82. The highest BCUT2D eigenvalue weighted by Crippen LogP contribution is 2.12. The van der Waals surface area contributed by atoms with E-state index in [4.69, 9.17) is 0 Å². The first-order valence-corrected chi connectivity index (χ1v) is 13.1. The van der Waals surface area contributed by atoms with Gasteiger partial charge < -0.3 is 0 Å².